The van der Waals surface area contributed by atoms with Crippen molar-refractivity contribution >= 4 is 17.5 Å². The molecule has 0 aliphatic carbocycles. The fourth-order valence-electron chi connectivity index (χ4n) is 3.04. The number of aromatic nitrogens is 3. The number of hydrogen-bond acceptors (Lipinski definition) is 5. The number of nitrogens with zero attached hydrogens (tertiary/aromatic N) is 5. The van der Waals surface area contributed by atoms with Gasteiger partial charge >= 0.3 is 0 Å². The van der Waals surface area contributed by atoms with Crippen LogP contribution in [0.4, 0.5) is 17.5 Å². The highest BCUT2D eigenvalue weighted by Gasteiger charge is 2.23. The van der Waals surface area contributed by atoms with Gasteiger partial charge in [0.15, 0.2) is 5.82 Å². The molecule has 3 heterocycles. The Kier molecular flexibility index (Phi) is 2.76. The summed E-state index contributed by atoms with van der Waals surface area (Å²) in [7, 11) is 0. The molecule has 0 unspecified atom stereocenters. The maximum atomic E-state index is 4.71. The Bertz CT molecular complexity index is 621. The average molecular weight is 267 g/mol. The molecule has 0 bridgehead atoms. The Morgan fingerprint density at radius 3 is 2.75 bits per heavy atom. The summed E-state index contributed by atoms with van der Waals surface area (Å²) >= 11 is 0. The molecule has 5 heteroatoms. The Morgan fingerprint density at radius 1 is 1.00 bits per heavy atom. The van der Waals surface area contributed by atoms with E-state index in [2.05, 4.69) is 44.3 Å². The fraction of sp³-hybridized carbons (Fsp3) is 0.400. The lowest BCUT2D eigenvalue weighted by Gasteiger charge is -2.20. The van der Waals surface area contributed by atoms with E-state index in [1.807, 2.05) is 0 Å². The standard InChI is InChI=1S/C15H17N5/c1-2-6-13-12(5-1)7-10-20(13)15-17-14(11-16-18-15)19-8-3-4-9-19/h1-2,5-6,11H,3-4,7-10H2. The van der Waals surface area contributed by atoms with E-state index in [9.17, 15) is 0 Å². The molecule has 4 rings (SSSR count). The molecule has 1 aromatic carbocycles. The lowest BCUT2D eigenvalue weighted by Crippen LogP contribution is -2.22. The second kappa shape index (κ2) is 4.74. The summed E-state index contributed by atoms with van der Waals surface area (Å²) < 4.78 is 0. The van der Waals surface area contributed by atoms with E-state index >= 15 is 0 Å². The molecule has 0 spiro atoms. The molecule has 1 fully saturated rings. The summed E-state index contributed by atoms with van der Waals surface area (Å²) in [4.78, 5) is 9.17. The molecule has 2 aromatic rings. The van der Waals surface area contributed by atoms with Gasteiger partial charge in [-0.05, 0) is 30.9 Å². The van der Waals surface area contributed by atoms with E-state index < -0.39 is 0 Å². The van der Waals surface area contributed by atoms with E-state index in [0.29, 0.717) is 0 Å². The summed E-state index contributed by atoms with van der Waals surface area (Å²) in [6.07, 6.45) is 5.31. The number of benzene rings is 1. The van der Waals surface area contributed by atoms with Crippen molar-refractivity contribution in [3.8, 4) is 0 Å². The van der Waals surface area contributed by atoms with E-state index in [1.54, 1.807) is 6.20 Å². The zero-order valence-electron chi connectivity index (χ0n) is 11.4. The van der Waals surface area contributed by atoms with E-state index in [4.69, 9.17) is 4.98 Å². The Hall–Kier alpha value is -2.17. The van der Waals surface area contributed by atoms with Gasteiger partial charge in [-0.25, -0.2) is 0 Å². The van der Waals surface area contributed by atoms with Gasteiger partial charge in [0.1, 0.15) is 0 Å². The smallest absolute Gasteiger partial charge is 0.251 e. The molecule has 0 radical (unpaired) electrons. The molecular weight excluding hydrogens is 250 g/mol. The molecule has 0 saturated carbocycles. The summed E-state index contributed by atoms with van der Waals surface area (Å²) in [5, 5.41) is 8.38. The molecule has 0 atom stereocenters. The summed E-state index contributed by atoms with van der Waals surface area (Å²) in [5.41, 5.74) is 2.58. The van der Waals surface area contributed by atoms with Crippen molar-refractivity contribution in [3.05, 3.63) is 36.0 Å². The van der Waals surface area contributed by atoms with Gasteiger partial charge in [-0.1, -0.05) is 18.2 Å². The third kappa shape index (κ3) is 1.90. The van der Waals surface area contributed by atoms with Gasteiger partial charge in [-0.15, -0.1) is 5.10 Å². The minimum Gasteiger partial charge on any atom is -0.355 e. The second-order valence-electron chi connectivity index (χ2n) is 5.34. The first-order valence-electron chi connectivity index (χ1n) is 7.22. The van der Waals surface area contributed by atoms with Crippen LogP contribution in [0.5, 0.6) is 0 Å². The van der Waals surface area contributed by atoms with Crippen LogP contribution >= 0.6 is 0 Å². The van der Waals surface area contributed by atoms with Gasteiger partial charge < -0.3 is 9.80 Å². The van der Waals surface area contributed by atoms with Gasteiger partial charge in [-0.2, -0.15) is 10.1 Å². The maximum Gasteiger partial charge on any atom is 0.251 e. The molecule has 2 aliphatic heterocycles. The number of anilines is 3. The van der Waals surface area contributed by atoms with Gasteiger partial charge in [0.25, 0.3) is 5.95 Å². The Morgan fingerprint density at radius 2 is 1.85 bits per heavy atom. The number of rotatable bonds is 2. The van der Waals surface area contributed by atoms with Crippen molar-refractivity contribution in [2.75, 3.05) is 29.4 Å². The largest absolute Gasteiger partial charge is 0.355 e. The average Bonchev–Trinajstić information content (AvgIpc) is 3.17. The van der Waals surface area contributed by atoms with Gasteiger partial charge in [0, 0.05) is 25.3 Å². The van der Waals surface area contributed by atoms with Crippen LogP contribution in [-0.4, -0.2) is 34.8 Å². The van der Waals surface area contributed by atoms with E-state index in [-0.39, 0.29) is 0 Å². The van der Waals surface area contributed by atoms with Crippen molar-refractivity contribution in [3.63, 3.8) is 0 Å². The normalized spacial score (nSPS) is 17.6. The molecule has 0 amide bonds. The third-order valence-electron chi connectivity index (χ3n) is 4.09. The molecular formula is C15H17N5. The molecule has 20 heavy (non-hydrogen) atoms. The number of para-hydroxylation sites is 1. The lowest BCUT2D eigenvalue weighted by molar-refractivity contribution is 0.850. The number of fused-ring (bicyclic) bond motifs is 1. The topological polar surface area (TPSA) is 45.2 Å². The van der Waals surface area contributed by atoms with Crippen LogP contribution in [0.2, 0.25) is 0 Å². The fourth-order valence-corrected chi connectivity index (χ4v) is 3.04. The van der Waals surface area contributed by atoms with Crippen LogP contribution in [0.15, 0.2) is 30.5 Å². The minimum absolute atomic E-state index is 0.722. The first-order chi connectivity index (χ1) is 9.92. The Labute approximate surface area is 118 Å². The maximum absolute atomic E-state index is 4.71. The Balaban J connectivity index is 1.68. The summed E-state index contributed by atoms with van der Waals surface area (Å²) in [5.74, 6) is 1.68. The first kappa shape index (κ1) is 11.6. The van der Waals surface area contributed by atoms with Crippen LogP contribution < -0.4 is 9.80 Å². The second-order valence-corrected chi connectivity index (χ2v) is 5.34. The van der Waals surface area contributed by atoms with Crippen LogP contribution in [0.25, 0.3) is 0 Å². The van der Waals surface area contributed by atoms with Crippen molar-refractivity contribution < 1.29 is 0 Å². The molecule has 0 N–H and O–H groups in total. The van der Waals surface area contributed by atoms with Gasteiger partial charge in [0.05, 0.1) is 6.20 Å². The monoisotopic (exact) mass is 267 g/mol. The minimum atomic E-state index is 0.722. The lowest BCUT2D eigenvalue weighted by atomic mass is 10.2. The molecule has 1 saturated heterocycles. The summed E-state index contributed by atoms with van der Waals surface area (Å²) in [6.45, 7) is 3.09. The number of hydrogen-bond donors (Lipinski definition) is 0. The van der Waals surface area contributed by atoms with E-state index in [0.717, 1.165) is 37.8 Å². The van der Waals surface area contributed by atoms with Crippen molar-refractivity contribution in [2.24, 2.45) is 0 Å². The predicted molar refractivity (Wildman–Crippen MR) is 78.4 cm³/mol. The third-order valence-corrected chi connectivity index (χ3v) is 4.09. The van der Waals surface area contributed by atoms with Crippen molar-refractivity contribution in [1.82, 2.24) is 15.2 Å². The van der Waals surface area contributed by atoms with Crippen LogP contribution in [0.1, 0.15) is 18.4 Å². The quantitative estimate of drug-likeness (QED) is 0.834. The first-order valence-corrected chi connectivity index (χ1v) is 7.22. The highest BCUT2D eigenvalue weighted by atomic mass is 15.4. The van der Waals surface area contributed by atoms with Crippen LogP contribution in [0, 0.1) is 0 Å². The predicted octanol–water partition coefficient (Wildman–Crippen LogP) is 2.17. The van der Waals surface area contributed by atoms with Crippen molar-refractivity contribution in [1.29, 1.82) is 0 Å². The highest BCUT2D eigenvalue weighted by Crippen LogP contribution is 2.32. The van der Waals surface area contributed by atoms with Crippen LogP contribution in [-0.2, 0) is 6.42 Å². The zero-order chi connectivity index (χ0) is 13.4. The van der Waals surface area contributed by atoms with Crippen LogP contribution in [0.3, 0.4) is 0 Å². The molecule has 102 valence electrons. The zero-order valence-corrected chi connectivity index (χ0v) is 11.4. The highest BCUT2D eigenvalue weighted by molar-refractivity contribution is 5.66. The van der Waals surface area contributed by atoms with Gasteiger partial charge in [-0.3, -0.25) is 0 Å². The molecule has 1 aromatic heterocycles. The summed E-state index contributed by atoms with van der Waals surface area (Å²) in [6, 6.07) is 8.46. The van der Waals surface area contributed by atoms with E-state index in [1.165, 1.54) is 24.1 Å². The van der Waals surface area contributed by atoms with Gasteiger partial charge in [0.2, 0.25) is 0 Å². The molecule has 2 aliphatic rings. The SMILES string of the molecule is c1ccc2c(c1)CCN2c1nncc(N2CCCC2)n1. The molecule has 5 nitrogen and oxygen atoms in total. The van der Waals surface area contributed by atoms with Crippen molar-refractivity contribution in [2.45, 2.75) is 19.3 Å².